The fourth-order valence-electron chi connectivity index (χ4n) is 1.17. The predicted octanol–water partition coefficient (Wildman–Crippen LogP) is 2.81. The fourth-order valence-corrected chi connectivity index (χ4v) is 1.17. The monoisotopic (exact) mass is 258 g/mol. The van der Waals surface area contributed by atoms with Crippen molar-refractivity contribution in [2.24, 2.45) is 0 Å². The Balaban J connectivity index is 3.44. The first-order chi connectivity index (χ1) is 7.66. The van der Waals surface area contributed by atoms with Crippen molar-refractivity contribution in [1.82, 2.24) is 0 Å². The molecule has 0 atom stereocenters. The number of alkyl halides is 2. The van der Waals surface area contributed by atoms with Crippen LogP contribution >= 0.6 is 0 Å². The topological polar surface area (TPSA) is 37.3 Å². The lowest BCUT2D eigenvalue weighted by atomic mass is 10.0. The van der Waals surface area contributed by atoms with Gasteiger partial charge in [-0.15, -0.1) is 0 Å². The van der Waals surface area contributed by atoms with Crippen LogP contribution in [0.5, 0.6) is 0 Å². The lowest BCUT2D eigenvalue weighted by Crippen LogP contribution is -2.23. The third-order valence-electron chi connectivity index (χ3n) is 1.85. The van der Waals surface area contributed by atoms with Crippen LogP contribution in [0.15, 0.2) is 6.07 Å². The van der Waals surface area contributed by atoms with E-state index in [2.05, 4.69) is 0 Å². The van der Waals surface area contributed by atoms with Gasteiger partial charge in [0.05, 0.1) is 5.56 Å². The van der Waals surface area contributed by atoms with Gasteiger partial charge >= 0.3 is 5.97 Å². The molecule has 1 N–H and O–H groups in total. The van der Waals surface area contributed by atoms with Gasteiger partial charge in [-0.3, -0.25) is 4.79 Å². The molecule has 0 unspecified atom stereocenters. The Bertz CT molecular complexity index is 445. The van der Waals surface area contributed by atoms with Gasteiger partial charge in [-0.05, 0) is 0 Å². The highest BCUT2D eigenvalue weighted by Gasteiger charge is 2.42. The lowest BCUT2D eigenvalue weighted by molar-refractivity contribution is -0.146. The lowest BCUT2D eigenvalue weighted by Gasteiger charge is -2.16. The summed E-state index contributed by atoms with van der Waals surface area (Å²) in [5, 5.41) is 8.12. The Kier molecular flexibility index (Phi) is 3.35. The zero-order valence-electron chi connectivity index (χ0n) is 7.91. The summed E-state index contributed by atoms with van der Waals surface area (Å²) < 4.78 is 77.3. The maximum atomic E-state index is 13.1. The molecule has 17 heavy (non-hydrogen) atoms. The number of hydrogen-bond acceptors (Lipinski definition) is 1. The van der Waals surface area contributed by atoms with Crippen molar-refractivity contribution in [3.05, 3.63) is 34.9 Å². The first-order valence-electron chi connectivity index (χ1n) is 4.10. The van der Waals surface area contributed by atoms with Gasteiger partial charge < -0.3 is 5.11 Å². The van der Waals surface area contributed by atoms with E-state index in [0.29, 0.717) is 0 Å². The third-order valence-corrected chi connectivity index (χ3v) is 1.85. The first kappa shape index (κ1) is 13.3. The molecule has 1 aromatic rings. The second-order valence-electron chi connectivity index (χ2n) is 3.12. The minimum atomic E-state index is -4.55. The van der Waals surface area contributed by atoms with Crippen LogP contribution < -0.4 is 0 Å². The summed E-state index contributed by atoms with van der Waals surface area (Å²) in [6.07, 6.45) is -1.98. The highest BCUT2D eigenvalue weighted by atomic mass is 19.3. The van der Waals surface area contributed by atoms with Crippen molar-refractivity contribution in [2.45, 2.75) is 12.3 Å². The number of carboxylic acid groups (broad SMARTS) is 1. The Morgan fingerprint density at radius 1 is 1.12 bits per heavy atom. The molecule has 0 aliphatic heterocycles. The van der Waals surface area contributed by atoms with Crippen LogP contribution in [0.3, 0.4) is 0 Å². The zero-order chi connectivity index (χ0) is 13.4. The molecule has 2 nitrogen and oxygen atoms in total. The van der Waals surface area contributed by atoms with Crippen molar-refractivity contribution in [3.8, 4) is 0 Å². The van der Waals surface area contributed by atoms with Gasteiger partial charge in [0.1, 0.15) is 6.42 Å². The van der Waals surface area contributed by atoms with Crippen molar-refractivity contribution >= 4 is 5.97 Å². The largest absolute Gasteiger partial charge is 0.481 e. The number of hydrogen-bond donors (Lipinski definition) is 1. The molecule has 0 saturated heterocycles. The van der Waals surface area contributed by atoms with E-state index < -0.39 is 47.1 Å². The molecule has 0 fully saturated rings. The molecule has 0 spiro atoms. The maximum absolute atomic E-state index is 13.1. The number of benzene rings is 1. The number of halogens is 6. The number of aliphatic carboxylic acids is 1. The standard InChI is InChI=1S/C9H4F6O2/c10-3-1-4(11)8(13)6(7(3)12)9(14,15)2-5(16)17/h1H,2H2,(H,16,17). The van der Waals surface area contributed by atoms with E-state index in [1.165, 1.54) is 0 Å². The average molecular weight is 258 g/mol. The van der Waals surface area contributed by atoms with E-state index in [1.807, 2.05) is 0 Å². The highest BCUT2D eigenvalue weighted by Crippen LogP contribution is 2.36. The van der Waals surface area contributed by atoms with Gasteiger partial charge in [0.25, 0.3) is 5.92 Å². The van der Waals surface area contributed by atoms with Gasteiger partial charge in [-0.1, -0.05) is 0 Å². The molecule has 0 amide bonds. The minimum Gasteiger partial charge on any atom is -0.481 e. The van der Waals surface area contributed by atoms with Crippen molar-refractivity contribution in [1.29, 1.82) is 0 Å². The molecule has 0 saturated carbocycles. The first-order valence-corrected chi connectivity index (χ1v) is 4.10. The van der Waals surface area contributed by atoms with Crippen molar-refractivity contribution < 1.29 is 36.2 Å². The van der Waals surface area contributed by atoms with Gasteiger partial charge in [0, 0.05) is 6.07 Å². The Morgan fingerprint density at radius 3 is 1.88 bits per heavy atom. The van der Waals surface area contributed by atoms with Gasteiger partial charge in [0.2, 0.25) is 0 Å². The molecular weight excluding hydrogens is 254 g/mol. The van der Waals surface area contributed by atoms with Crippen LogP contribution in [0, 0.1) is 23.3 Å². The van der Waals surface area contributed by atoms with Crippen LogP contribution in [-0.2, 0) is 10.7 Å². The summed E-state index contributed by atoms with van der Waals surface area (Å²) in [6.45, 7) is 0. The average Bonchev–Trinajstić information content (AvgIpc) is 2.12. The molecule has 1 rings (SSSR count). The van der Waals surface area contributed by atoms with E-state index in [9.17, 15) is 31.1 Å². The van der Waals surface area contributed by atoms with Crippen LogP contribution in [0.1, 0.15) is 12.0 Å². The summed E-state index contributed by atoms with van der Waals surface area (Å²) in [5.74, 6) is -15.3. The second-order valence-corrected chi connectivity index (χ2v) is 3.12. The summed E-state index contributed by atoms with van der Waals surface area (Å²) in [6, 6.07) is -0.245. The third kappa shape index (κ3) is 2.51. The fraction of sp³-hybridized carbons (Fsp3) is 0.222. The van der Waals surface area contributed by atoms with E-state index in [-0.39, 0.29) is 6.07 Å². The van der Waals surface area contributed by atoms with E-state index in [4.69, 9.17) is 5.11 Å². The van der Waals surface area contributed by atoms with E-state index >= 15 is 0 Å². The smallest absolute Gasteiger partial charge is 0.309 e. The van der Waals surface area contributed by atoms with E-state index in [0.717, 1.165) is 0 Å². The Morgan fingerprint density at radius 2 is 1.53 bits per heavy atom. The van der Waals surface area contributed by atoms with Crippen LogP contribution in [-0.4, -0.2) is 11.1 Å². The molecule has 0 aliphatic rings. The number of rotatable bonds is 3. The minimum absolute atomic E-state index is 0.245. The normalized spacial score (nSPS) is 11.6. The predicted molar refractivity (Wildman–Crippen MR) is 42.4 cm³/mol. The van der Waals surface area contributed by atoms with Gasteiger partial charge in [-0.25, -0.2) is 26.3 Å². The number of carboxylic acids is 1. The quantitative estimate of drug-likeness (QED) is 0.668. The summed E-state index contributed by atoms with van der Waals surface area (Å²) in [4.78, 5) is 10.1. The molecule has 94 valence electrons. The van der Waals surface area contributed by atoms with E-state index in [1.54, 1.807) is 0 Å². The molecule has 1 aromatic carbocycles. The molecule has 8 heteroatoms. The molecule has 0 heterocycles. The van der Waals surface area contributed by atoms with Crippen molar-refractivity contribution in [2.75, 3.05) is 0 Å². The maximum Gasteiger partial charge on any atom is 0.309 e. The zero-order valence-corrected chi connectivity index (χ0v) is 7.91. The van der Waals surface area contributed by atoms with Gasteiger partial charge in [-0.2, -0.15) is 0 Å². The molecule has 0 aliphatic carbocycles. The number of carbonyl (C=O) groups is 1. The summed E-state index contributed by atoms with van der Waals surface area (Å²) >= 11 is 0. The molecule has 0 aromatic heterocycles. The summed E-state index contributed by atoms with van der Waals surface area (Å²) in [5.41, 5.74) is -2.22. The van der Waals surface area contributed by atoms with Gasteiger partial charge in [0.15, 0.2) is 23.3 Å². The van der Waals surface area contributed by atoms with Crippen LogP contribution in [0.25, 0.3) is 0 Å². The molecule has 0 bridgehead atoms. The van der Waals surface area contributed by atoms with Crippen LogP contribution in [0.2, 0.25) is 0 Å². The Labute approximate surface area is 90.5 Å². The molecule has 0 radical (unpaired) electrons. The SMILES string of the molecule is O=C(O)CC(F)(F)c1c(F)c(F)cc(F)c1F. The molecular formula is C9H4F6O2. The van der Waals surface area contributed by atoms with Crippen molar-refractivity contribution in [3.63, 3.8) is 0 Å². The summed E-state index contributed by atoms with van der Waals surface area (Å²) in [7, 11) is 0. The second kappa shape index (κ2) is 4.27. The highest BCUT2D eigenvalue weighted by molar-refractivity contribution is 5.68. The Hall–Kier alpha value is -1.73. The van der Waals surface area contributed by atoms with Crippen LogP contribution in [0.4, 0.5) is 26.3 Å².